The van der Waals surface area contributed by atoms with Gasteiger partial charge in [-0.2, -0.15) is 0 Å². The number of hydrogen-bond acceptors (Lipinski definition) is 7. The smallest absolute Gasteiger partial charge is 0.307 e. The van der Waals surface area contributed by atoms with Gasteiger partial charge in [0, 0.05) is 18.7 Å². The number of H-pyrrole nitrogens is 1. The van der Waals surface area contributed by atoms with Gasteiger partial charge < -0.3 is 15.5 Å². The van der Waals surface area contributed by atoms with E-state index in [1.54, 1.807) is 18.3 Å². The van der Waals surface area contributed by atoms with Crippen LogP contribution in [0.5, 0.6) is 5.75 Å². The molecule has 2 heterocycles. The van der Waals surface area contributed by atoms with Crippen LogP contribution in [0.2, 0.25) is 0 Å². The van der Waals surface area contributed by atoms with Crippen molar-refractivity contribution < 1.29 is 15.0 Å². The van der Waals surface area contributed by atoms with Gasteiger partial charge >= 0.3 is 5.97 Å². The molecule has 2 aromatic heterocycles. The van der Waals surface area contributed by atoms with Crippen molar-refractivity contribution in [1.82, 2.24) is 25.6 Å². The lowest BCUT2D eigenvalue weighted by atomic mass is 9.83. The second-order valence-corrected chi connectivity index (χ2v) is 6.90. The number of aromatic nitrogens is 5. The van der Waals surface area contributed by atoms with Gasteiger partial charge in [-0.05, 0) is 52.6 Å². The summed E-state index contributed by atoms with van der Waals surface area (Å²) in [6.45, 7) is 2.54. The number of phenolic OH excluding ortho intramolecular Hbond substituents is 1. The molecule has 9 heteroatoms. The maximum atomic E-state index is 11.8. The number of carboxylic acid groups (broad SMARTS) is 1. The number of pyridine rings is 1. The molecular formula is C20H24N6O3. The number of aromatic amines is 1. The molecule has 0 bridgehead atoms. The van der Waals surface area contributed by atoms with Crippen LogP contribution < -0.4 is 5.32 Å². The van der Waals surface area contributed by atoms with Crippen LogP contribution in [-0.2, 0) is 17.8 Å². The quantitative estimate of drug-likeness (QED) is 0.410. The van der Waals surface area contributed by atoms with Crippen LogP contribution in [0.25, 0.3) is 0 Å². The Bertz CT molecular complexity index is 897. The molecule has 0 aliphatic heterocycles. The highest BCUT2D eigenvalue weighted by Crippen LogP contribution is 2.29. The molecule has 0 saturated carbocycles. The van der Waals surface area contributed by atoms with Gasteiger partial charge in [0.2, 0.25) is 0 Å². The van der Waals surface area contributed by atoms with Crippen LogP contribution in [0.3, 0.4) is 0 Å². The molecule has 0 saturated heterocycles. The molecule has 3 rings (SSSR count). The lowest BCUT2D eigenvalue weighted by Gasteiger charge is -2.21. The highest BCUT2D eigenvalue weighted by Gasteiger charge is 2.31. The Balaban J connectivity index is 1.68. The SMILES string of the molecule is CCC[C@H](C(=O)O)[C@H](Cc1ccc(NCc2ccc(O)cc2)nc1)c1nnn[nH]1. The standard InChI is InChI=1S/C20H24N6O3/c1-2-3-16(20(28)29)17(19-23-25-26-24-19)10-14-6-9-18(22-12-14)21-11-13-4-7-15(27)8-5-13/h4-9,12,16-17,27H,2-3,10-11H2,1H3,(H,21,22)(H,28,29)(H,23,24,25,26)/t16-,17-/m0/s1. The van der Waals surface area contributed by atoms with Crippen molar-refractivity contribution in [3.8, 4) is 5.75 Å². The Morgan fingerprint density at radius 3 is 2.52 bits per heavy atom. The summed E-state index contributed by atoms with van der Waals surface area (Å²) in [5.74, 6) is -0.380. The van der Waals surface area contributed by atoms with Crippen molar-refractivity contribution in [3.63, 3.8) is 0 Å². The second-order valence-electron chi connectivity index (χ2n) is 6.90. The Morgan fingerprint density at radius 2 is 1.93 bits per heavy atom. The molecule has 0 unspecified atom stereocenters. The van der Waals surface area contributed by atoms with Crippen molar-refractivity contribution in [2.45, 2.75) is 38.6 Å². The minimum atomic E-state index is -0.853. The van der Waals surface area contributed by atoms with Crippen molar-refractivity contribution in [1.29, 1.82) is 0 Å². The van der Waals surface area contributed by atoms with Gasteiger partial charge in [-0.15, -0.1) is 5.10 Å². The first-order valence-electron chi connectivity index (χ1n) is 9.50. The van der Waals surface area contributed by atoms with Crippen LogP contribution in [0.1, 0.15) is 42.6 Å². The molecule has 0 aliphatic carbocycles. The first-order valence-corrected chi connectivity index (χ1v) is 9.50. The van der Waals surface area contributed by atoms with Gasteiger partial charge in [-0.1, -0.05) is 31.5 Å². The van der Waals surface area contributed by atoms with Crippen molar-refractivity contribution in [3.05, 3.63) is 59.5 Å². The summed E-state index contributed by atoms with van der Waals surface area (Å²) in [5, 5.41) is 36.1. The zero-order valence-electron chi connectivity index (χ0n) is 16.1. The minimum Gasteiger partial charge on any atom is -0.508 e. The molecule has 0 fully saturated rings. The molecule has 9 nitrogen and oxygen atoms in total. The molecule has 29 heavy (non-hydrogen) atoms. The van der Waals surface area contributed by atoms with Crippen molar-refractivity contribution in [2.75, 3.05) is 5.32 Å². The number of anilines is 1. The zero-order valence-corrected chi connectivity index (χ0v) is 16.1. The maximum Gasteiger partial charge on any atom is 0.307 e. The fraction of sp³-hybridized carbons (Fsp3) is 0.350. The predicted molar refractivity (Wildman–Crippen MR) is 106 cm³/mol. The minimum absolute atomic E-state index is 0.232. The van der Waals surface area contributed by atoms with Crippen LogP contribution >= 0.6 is 0 Å². The molecule has 152 valence electrons. The number of rotatable bonds is 10. The summed E-state index contributed by atoms with van der Waals surface area (Å²) in [7, 11) is 0. The van der Waals surface area contributed by atoms with Gasteiger partial charge in [-0.3, -0.25) is 4.79 Å². The fourth-order valence-electron chi connectivity index (χ4n) is 3.27. The number of aromatic hydroxyl groups is 1. The summed E-state index contributed by atoms with van der Waals surface area (Å²) >= 11 is 0. The molecule has 0 amide bonds. The second kappa shape index (κ2) is 9.63. The molecule has 1 aromatic carbocycles. The maximum absolute atomic E-state index is 11.8. The molecule has 0 aliphatic rings. The van der Waals surface area contributed by atoms with E-state index in [1.807, 2.05) is 31.2 Å². The van der Waals surface area contributed by atoms with Gasteiger partial charge in [0.05, 0.1) is 5.92 Å². The van der Waals surface area contributed by atoms with E-state index >= 15 is 0 Å². The Morgan fingerprint density at radius 1 is 1.17 bits per heavy atom. The van der Waals surface area contributed by atoms with Crippen LogP contribution in [0.4, 0.5) is 5.82 Å². The molecule has 0 spiro atoms. The number of benzene rings is 1. The highest BCUT2D eigenvalue weighted by atomic mass is 16.4. The highest BCUT2D eigenvalue weighted by molar-refractivity contribution is 5.71. The van der Waals surface area contributed by atoms with Crippen molar-refractivity contribution in [2.24, 2.45) is 5.92 Å². The zero-order chi connectivity index (χ0) is 20.6. The average Bonchev–Trinajstić information content (AvgIpc) is 3.25. The van der Waals surface area contributed by atoms with E-state index in [4.69, 9.17) is 0 Å². The molecule has 3 aromatic rings. The monoisotopic (exact) mass is 396 g/mol. The van der Waals surface area contributed by atoms with E-state index in [0.29, 0.717) is 31.0 Å². The first-order chi connectivity index (χ1) is 14.1. The van der Waals surface area contributed by atoms with Crippen LogP contribution in [-0.4, -0.2) is 41.8 Å². The summed E-state index contributed by atoms with van der Waals surface area (Å²) in [4.78, 5) is 16.2. The largest absolute Gasteiger partial charge is 0.508 e. The third-order valence-corrected chi connectivity index (χ3v) is 4.81. The van der Waals surface area contributed by atoms with E-state index in [1.165, 1.54) is 0 Å². The molecule has 4 N–H and O–H groups in total. The number of hydrogen-bond donors (Lipinski definition) is 4. The summed E-state index contributed by atoms with van der Waals surface area (Å²) in [6, 6.07) is 10.7. The number of phenols is 1. The molecule has 0 radical (unpaired) electrons. The van der Waals surface area contributed by atoms with E-state index in [0.717, 1.165) is 17.5 Å². The van der Waals surface area contributed by atoms with Gasteiger partial charge in [0.25, 0.3) is 0 Å². The van der Waals surface area contributed by atoms with Crippen molar-refractivity contribution >= 4 is 11.8 Å². The fourth-order valence-corrected chi connectivity index (χ4v) is 3.27. The van der Waals surface area contributed by atoms with Crippen LogP contribution in [0.15, 0.2) is 42.6 Å². The summed E-state index contributed by atoms with van der Waals surface area (Å²) in [6.07, 6.45) is 3.51. The van der Waals surface area contributed by atoms with Crippen LogP contribution in [0, 0.1) is 5.92 Å². The number of carboxylic acids is 1. The Labute approximate surface area is 168 Å². The van der Waals surface area contributed by atoms with Gasteiger partial charge in [0.15, 0.2) is 5.82 Å². The number of nitrogens with zero attached hydrogens (tertiary/aromatic N) is 4. The Hall–Kier alpha value is -3.49. The topological polar surface area (TPSA) is 137 Å². The van der Waals surface area contributed by atoms with E-state index in [9.17, 15) is 15.0 Å². The summed E-state index contributed by atoms with van der Waals surface area (Å²) < 4.78 is 0. The number of nitrogens with one attached hydrogen (secondary N) is 2. The number of carbonyl (C=O) groups is 1. The predicted octanol–water partition coefficient (Wildman–Crippen LogP) is 2.74. The lowest BCUT2D eigenvalue weighted by Crippen LogP contribution is -2.25. The van der Waals surface area contributed by atoms with Gasteiger partial charge in [0.1, 0.15) is 11.6 Å². The molecule has 2 atom stereocenters. The third kappa shape index (κ3) is 5.50. The lowest BCUT2D eigenvalue weighted by molar-refractivity contribution is -0.142. The average molecular weight is 396 g/mol. The number of tetrazole rings is 1. The van der Waals surface area contributed by atoms with E-state index in [2.05, 4.69) is 30.9 Å². The van der Waals surface area contributed by atoms with E-state index in [-0.39, 0.29) is 11.7 Å². The normalized spacial score (nSPS) is 13.0. The first kappa shape index (κ1) is 20.2. The Kier molecular flexibility index (Phi) is 6.72. The summed E-state index contributed by atoms with van der Waals surface area (Å²) in [5.41, 5.74) is 1.93. The number of aliphatic carboxylic acids is 1. The van der Waals surface area contributed by atoms with Gasteiger partial charge in [-0.25, -0.2) is 10.1 Å². The van der Waals surface area contributed by atoms with E-state index < -0.39 is 11.9 Å². The third-order valence-electron chi connectivity index (χ3n) is 4.81. The molecular weight excluding hydrogens is 372 g/mol.